The van der Waals surface area contributed by atoms with Crippen LogP contribution in [0.4, 0.5) is 0 Å². The number of allylic oxidation sites excluding steroid dienone is 7. The molecular weight excluding hydrogens is 689 g/mol. The van der Waals surface area contributed by atoms with E-state index in [0.29, 0.717) is 19.3 Å². The molecule has 0 saturated heterocycles. The zero-order chi connectivity index (χ0) is 38.9. The number of hydrogen-bond acceptors (Lipinski definition) is 8. The van der Waals surface area contributed by atoms with Crippen LogP contribution in [0.5, 0.6) is 0 Å². The molecule has 4 N–H and O–H groups in total. The number of unbranched alkanes of at least 4 members (excludes halogenated alkanes) is 18. The van der Waals surface area contributed by atoms with Gasteiger partial charge in [-0.25, -0.2) is 4.57 Å². The molecule has 3 unspecified atom stereocenters. The summed E-state index contributed by atoms with van der Waals surface area (Å²) in [6.45, 7) is 4.05. The number of hydrogen-bond donors (Lipinski definition) is 3. The Labute approximate surface area is 324 Å². The van der Waals surface area contributed by atoms with Crippen molar-refractivity contribution in [1.82, 2.24) is 0 Å². The number of aliphatic hydroxyl groups excluding tert-OH is 1. The summed E-state index contributed by atoms with van der Waals surface area (Å²) in [6.07, 6.45) is 45.0. The van der Waals surface area contributed by atoms with Crippen molar-refractivity contribution in [3.63, 3.8) is 0 Å². The van der Waals surface area contributed by atoms with Gasteiger partial charge in [-0.1, -0.05) is 159 Å². The molecule has 0 spiro atoms. The van der Waals surface area contributed by atoms with Crippen LogP contribution in [0, 0.1) is 0 Å². The van der Waals surface area contributed by atoms with Crippen LogP contribution in [0.25, 0.3) is 0 Å². The molecule has 0 aliphatic heterocycles. The van der Waals surface area contributed by atoms with Gasteiger partial charge in [0.15, 0.2) is 6.10 Å². The summed E-state index contributed by atoms with van der Waals surface area (Å²) in [5.41, 5.74) is 5.35. The lowest BCUT2D eigenvalue weighted by atomic mass is 10.0. The molecule has 0 amide bonds. The van der Waals surface area contributed by atoms with Gasteiger partial charge in [-0.15, -0.1) is 0 Å². The molecule has 308 valence electrons. The predicted molar refractivity (Wildman–Crippen MR) is 220 cm³/mol. The molecule has 10 heteroatoms. The smallest absolute Gasteiger partial charge is 0.472 e. The molecule has 0 aromatic rings. The van der Waals surface area contributed by atoms with Gasteiger partial charge >= 0.3 is 13.8 Å². The lowest BCUT2D eigenvalue weighted by molar-refractivity contribution is -0.153. The molecule has 0 fully saturated rings. The summed E-state index contributed by atoms with van der Waals surface area (Å²) in [4.78, 5) is 22.4. The number of nitrogens with two attached hydrogens (primary N) is 1. The van der Waals surface area contributed by atoms with Gasteiger partial charge in [0.05, 0.1) is 25.6 Å². The minimum absolute atomic E-state index is 0.00860. The molecule has 0 radical (unpaired) electrons. The van der Waals surface area contributed by atoms with E-state index in [1.807, 2.05) is 42.5 Å². The first-order chi connectivity index (χ1) is 25.8. The molecule has 0 saturated carbocycles. The minimum atomic E-state index is -4.32. The summed E-state index contributed by atoms with van der Waals surface area (Å²) >= 11 is 0. The average Bonchev–Trinajstić information content (AvgIpc) is 3.14. The van der Waals surface area contributed by atoms with Crippen LogP contribution < -0.4 is 5.73 Å². The zero-order valence-electron chi connectivity index (χ0n) is 33.6. The van der Waals surface area contributed by atoms with E-state index in [-0.39, 0.29) is 32.8 Å². The molecule has 0 aromatic carbocycles. The molecule has 0 aliphatic rings. The Hall–Kier alpha value is -2.00. The third-order valence-corrected chi connectivity index (χ3v) is 9.57. The maximum Gasteiger partial charge on any atom is 0.472 e. The summed E-state index contributed by atoms with van der Waals surface area (Å²) in [5, 5.41) is 10.0. The predicted octanol–water partition coefficient (Wildman–Crippen LogP) is 11.5. The summed E-state index contributed by atoms with van der Waals surface area (Å²) in [6, 6.07) is 0. The average molecular weight is 768 g/mol. The molecule has 0 aromatic heterocycles. The Morgan fingerprint density at radius 3 is 1.91 bits per heavy atom. The van der Waals surface area contributed by atoms with Crippen molar-refractivity contribution in [3.8, 4) is 0 Å². The highest BCUT2D eigenvalue weighted by atomic mass is 31.2. The van der Waals surface area contributed by atoms with Crippen LogP contribution in [0.2, 0.25) is 0 Å². The fraction of sp³-hybridized carbons (Fsp3) is 0.744. The first kappa shape index (κ1) is 51.0. The van der Waals surface area contributed by atoms with Crippen molar-refractivity contribution in [3.05, 3.63) is 60.9 Å². The molecule has 0 bridgehead atoms. The third-order valence-electron chi connectivity index (χ3n) is 8.58. The zero-order valence-corrected chi connectivity index (χ0v) is 34.5. The molecule has 3 atom stereocenters. The lowest BCUT2D eigenvalue weighted by Gasteiger charge is -2.19. The van der Waals surface area contributed by atoms with E-state index >= 15 is 0 Å². The second-order valence-electron chi connectivity index (χ2n) is 13.8. The van der Waals surface area contributed by atoms with Gasteiger partial charge in [0.25, 0.3) is 0 Å². The first-order valence-electron chi connectivity index (χ1n) is 20.9. The number of aliphatic hydroxyl groups is 1. The van der Waals surface area contributed by atoms with Crippen LogP contribution in [-0.2, 0) is 27.9 Å². The molecule has 0 aliphatic carbocycles. The van der Waals surface area contributed by atoms with E-state index in [4.69, 9.17) is 24.3 Å². The molecule has 53 heavy (non-hydrogen) atoms. The van der Waals surface area contributed by atoms with Gasteiger partial charge in [0.2, 0.25) is 0 Å². The normalized spacial score (nSPS) is 14.7. The number of carbonyl (C=O) groups is 1. The highest BCUT2D eigenvalue weighted by Gasteiger charge is 2.25. The fourth-order valence-corrected chi connectivity index (χ4v) is 6.22. The largest absolute Gasteiger partial charge is 0.498 e. The van der Waals surface area contributed by atoms with Gasteiger partial charge in [0.1, 0.15) is 6.61 Å². The van der Waals surface area contributed by atoms with Gasteiger partial charge in [0, 0.05) is 13.0 Å². The van der Waals surface area contributed by atoms with E-state index < -0.39 is 26.0 Å². The Balaban J connectivity index is 4.28. The highest BCUT2D eigenvalue weighted by Crippen LogP contribution is 2.43. The maximum atomic E-state index is 12.5. The van der Waals surface area contributed by atoms with Crippen LogP contribution in [0.15, 0.2) is 60.9 Å². The number of phosphoric acid groups is 1. The minimum Gasteiger partial charge on any atom is -0.498 e. The Morgan fingerprint density at radius 1 is 0.679 bits per heavy atom. The van der Waals surface area contributed by atoms with Crippen LogP contribution >= 0.6 is 7.82 Å². The quantitative estimate of drug-likeness (QED) is 0.0139. The SMILES string of the molecule is CCCCCC=CCC(O)C=CC=CCC=CCCCC(=O)OC(COC=CCCCCCCCCCCCCCCCC)COP(=O)(O)OCCN. The van der Waals surface area contributed by atoms with E-state index in [1.165, 1.54) is 103 Å². The summed E-state index contributed by atoms with van der Waals surface area (Å²) in [7, 11) is -4.32. The van der Waals surface area contributed by atoms with Crippen molar-refractivity contribution in [2.45, 2.75) is 180 Å². The van der Waals surface area contributed by atoms with Crippen molar-refractivity contribution in [1.29, 1.82) is 0 Å². The number of ether oxygens (including phenoxy) is 2. The molecule has 0 heterocycles. The molecular formula is C43H78NO8P. The van der Waals surface area contributed by atoms with Gasteiger partial charge in [-0.05, 0) is 57.4 Å². The van der Waals surface area contributed by atoms with E-state index in [0.717, 1.165) is 25.7 Å². The van der Waals surface area contributed by atoms with Crippen molar-refractivity contribution >= 4 is 13.8 Å². The topological polar surface area (TPSA) is 138 Å². The van der Waals surface area contributed by atoms with Gasteiger partial charge < -0.3 is 25.2 Å². The number of phosphoric ester groups is 1. The van der Waals surface area contributed by atoms with Crippen molar-refractivity contribution in [2.75, 3.05) is 26.4 Å². The van der Waals surface area contributed by atoms with Crippen LogP contribution in [0.3, 0.4) is 0 Å². The number of esters is 1. The number of carbonyl (C=O) groups excluding carboxylic acids is 1. The van der Waals surface area contributed by atoms with E-state index in [1.54, 1.807) is 12.3 Å². The maximum absolute atomic E-state index is 12.5. The van der Waals surface area contributed by atoms with E-state index in [2.05, 4.69) is 19.9 Å². The summed E-state index contributed by atoms with van der Waals surface area (Å²) in [5.74, 6) is -0.433. The Bertz CT molecular complexity index is 1010. The van der Waals surface area contributed by atoms with Crippen LogP contribution in [0.1, 0.15) is 168 Å². The molecule has 9 nitrogen and oxygen atoms in total. The summed E-state index contributed by atoms with van der Waals surface area (Å²) < 4.78 is 33.0. The van der Waals surface area contributed by atoms with Crippen LogP contribution in [-0.4, -0.2) is 54.5 Å². The van der Waals surface area contributed by atoms with Gasteiger partial charge in [-0.3, -0.25) is 13.8 Å². The first-order valence-corrected chi connectivity index (χ1v) is 22.4. The van der Waals surface area contributed by atoms with E-state index in [9.17, 15) is 19.4 Å². The highest BCUT2D eigenvalue weighted by molar-refractivity contribution is 7.47. The van der Waals surface area contributed by atoms with Gasteiger partial charge in [-0.2, -0.15) is 0 Å². The molecule has 0 rings (SSSR count). The van der Waals surface area contributed by atoms with Crippen molar-refractivity contribution < 1.29 is 37.9 Å². The monoisotopic (exact) mass is 768 g/mol. The second kappa shape index (κ2) is 39.7. The Morgan fingerprint density at radius 2 is 1.25 bits per heavy atom. The number of rotatable bonds is 39. The lowest BCUT2D eigenvalue weighted by Crippen LogP contribution is -2.27. The third kappa shape index (κ3) is 39.5. The van der Waals surface area contributed by atoms with Crippen molar-refractivity contribution in [2.24, 2.45) is 5.73 Å². The standard InChI is InChI=1S/C43H78NO8P/c1-3-5-7-9-11-12-13-14-15-16-17-18-21-24-28-32-37-49-39-42(40-51-53(47,48)50-38-36-44)52-43(46)35-31-27-23-20-19-22-26-30-34-41(45)33-29-25-10-8-6-4-2/h20,22-23,25-26,29-30,32,34,37,41-42,45H,3-19,21,24,27-28,31,33,35-36,38-40,44H2,1-2H3,(H,47,48). The second-order valence-corrected chi connectivity index (χ2v) is 15.2. The Kier molecular flexibility index (Phi) is 38.2. The fourth-order valence-electron chi connectivity index (χ4n) is 5.45.